The van der Waals surface area contributed by atoms with Gasteiger partial charge >= 0.3 is 24.3 Å². The molecule has 2 saturated heterocycles. The Balaban J connectivity index is 0.000000349. The molecule has 226 valence electrons. The summed E-state index contributed by atoms with van der Waals surface area (Å²) in [5.74, 6) is -4.52. The fraction of sp³-hybridized carbons (Fsp3) is 0.462. The van der Waals surface area contributed by atoms with E-state index in [-0.39, 0.29) is 11.3 Å². The number of carbonyl (C=O) groups is 3. The van der Waals surface area contributed by atoms with Gasteiger partial charge in [0.15, 0.2) is 0 Å². The molecule has 3 heterocycles. The monoisotopic (exact) mass is 593 g/mol. The lowest BCUT2D eigenvalue weighted by Gasteiger charge is -2.39. The molecule has 0 bridgehead atoms. The highest BCUT2D eigenvalue weighted by Gasteiger charge is 2.42. The van der Waals surface area contributed by atoms with Crippen LogP contribution in [0.15, 0.2) is 48.7 Å². The van der Waals surface area contributed by atoms with Crippen molar-refractivity contribution in [1.29, 1.82) is 0 Å². The van der Waals surface area contributed by atoms with Crippen LogP contribution in [-0.4, -0.2) is 88.5 Å². The molecular weight excluding hydrogens is 564 g/mol. The zero-order valence-corrected chi connectivity index (χ0v) is 21.9. The molecule has 1 amide bonds. The van der Waals surface area contributed by atoms with Gasteiger partial charge < -0.3 is 19.8 Å². The van der Waals surface area contributed by atoms with Crippen molar-refractivity contribution < 1.29 is 55.7 Å². The molecule has 0 atom stereocenters. The van der Waals surface area contributed by atoms with Gasteiger partial charge in [0.25, 0.3) is 5.91 Å². The van der Waals surface area contributed by atoms with Crippen LogP contribution in [0, 0.1) is 5.41 Å². The SMILES string of the molecule is COc1cccc(CN2CCC3(CC2)CCN(C(=O)c2ccccn2)C3)c1.O=C(O)C(F)(F)F.O=C(O)C(F)(F)F. The maximum absolute atomic E-state index is 12.7. The number of aromatic nitrogens is 1. The molecule has 9 nitrogen and oxygen atoms in total. The summed E-state index contributed by atoms with van der Waals surface area (Å²) in [4.78, 5) is 39.2. The molecule has 1 spiro atoms. The maximum atomic E-state index is 12.7. The summed E-state index contributed by atoms with van der Waals surface area (Å²) in [5.41, 5.74) is 2.14. The first-order valence-corrected chi connectivity index (χ1v) is 12.2. The van der Waals surface area contributed by atoms with Crippen LogP contribution in [0.5, 0.6) is 5.75 Å². The first kappa shape index (κ1) is 33.3. The normalized spacial score (nSPS) is 16.6. The number of carboxylic acids is 2. The smallest absolute Gasteiger partial charge is 0.490 e. The van der Waals surface area contributed by atoms with E-state index in [0.29, 0.717) is 5.69 Å². The third-order valence-corrected chi connectivity index (χ3v) is 6.55. The summed E-state index contributed by atoms with van der Waals surface area (Å²) >= 11 is 0. The number of hydrogen-bond acceptors (Lipinski definition) is 6. The fourth-order valence-electron chi connectivity index (χ4n) is 4.38. The Hall–Kier alpha value is -3.88. The van der Waals surface area contributed by atoms with Crippen LogP contribution in [0.25, 0.3) is 0 Å². The standard InChI is InChI=1S/C22H27N3O2.2C2HF3O2/c1-27-19-6-4-5-18(15-19)16-24-12-8-22(9-13-24)10-14-25(17-22)21(26)20-7-2-3-11-23-20;2*3-2(4,5)1(6)7/h2-7,11,15H,8-10,12-14,16-17H2,1H3;2*(H,6,7). The molecule has 2 fully saturated rings. The number of ether oxygens (including phenoxy) is 1. The lowest BCUT2D eigenvalue weighted by molar-refractivity contribution is -0.193. The molecule has 2 aliphatic heterocycles. The summed E-state index contributed by atoms with van der Waals surface area (Å²) in [6.07, 6.45) is -5.05. The molecule has 0 saturated carbocycles. The van der Waals surface area contributed by atoms with Crippen molar-refractivity contribution in [2.45, 2.75) is 38.2 Å². The number of amides is 1. The minimum Gasteiger partial charge on any atom is -0.497 e. The quantitative estimate of drug-likeness (QED) is 0.498. The van der Waals surface area contributed by atoms with Crippen LogP contribution in [0.1, 0.15) is 35.3 Å². The first-order valence-electron chi connectivity index (χ1n) is 12.2. The Kier molecular flexibility index (Phi) is 11.5. The zero-order chi connectivity index (χ0) is 30.8. The number of nitrogens with zero attached hydrogens (tertiary/aromatic N) is 3. The number of hydrogen-bond donors (Lipinski definition) is 2. The molecule has 4 rings (SSSR count). The second-order valence-corrected chi connectivity index (χ2v) is 9.43. The van der Waals surface area contributed by atoms with Crippen molar-refractivity contribution >= 4 is 17.8 Å². The third kappa shape index (κ3) is 10.6. The van der Waals surface area contributed by atoms with Crippen LogP contribution < -0.4 is 4.74 Å². The molecular formula is C26H29F6N3O6. The molecule has 0 aliphatic carbocycles. The number of benzene rings is 1. The summed E-state index contributed by atoms with van der Waals surface area (Å²) < 4.78 is 68.8. The Bertz CT molecular complexity index is 1140. The fourth-order valence-corrected chi connectivity index (χ4v) is 4.38. The predicted octanol–water partition coefficient (Wildman–Crippen LogP) is 4.49. The van der Waals surface area contributed by atoms with Crippen molar-refractivity contribution in [1.82, 2.24) is 14.8 Å². The minimum absolute atomic E-state index is 0.0753. The Morgan fingerprint density at radius 3 is 1.95 bits per heavy atom. The average molecular weight is 594 g/mol. The van der Waals surface area contributed by atoms with Gasteiger partial charge in [-0.2, -0.15) is 26.3 Å². The number of carboxylic acid groups (broad SMARTS) is 2. The highest BCUT2D eigenvalue weighted by Crippen LogP contribution is 2.41. The summed E-state index contributed by atoms with van der Waals surface area (Å²) in [6, 6.07) is 13.9. The van der Waals surface area contributed by atoms with Gasteiger partial charge in [0.05, 0.1) is 7.11 Å². The minimum atomic E-state index is -5.08. The van der Waals surface area contributed by atoms with E-state index in [9.17, 15) is 31.1 Å². The van der Waals surface area contributed by atoms with E-state index in [1.807, 2.05) is 29.2 Å². The molecule has 0 unspecified atom stereocenters. The van der Waals surface area contributed by atoms with Crippen LogP contribution in [0.2, 0.25) is 0 Å². The molecule has 2 aromatic rings. The maximum Gasteiger partial charge on any atom is 0.490 e. The third-order valence-electron chi connectivity index (χ3n) is 6.55. The van der Waals surface area contributed by atoms with E-state index in [2.05, 4.69) is 28.1 Å². The van der Waals surface area contributed by atoms with E-state index in [1.165, 1.54) is 5.56 Å². The number of methoxy groups -OCH3 is 1. The van der Waals surface area contributed by atoms with Crippen molar-refractivity contribution in [2.75, 3.05) is 33.3 Å². The lowest BCUT2D eigenvalue weighted by atomic mass is 9.77. The first-order chi connectivity index (χ1) is 19.1. The van der Waals surface area contributed by atoms with Gasteiger partial charge in [-0.15, -0.1) is 0 Å². The number of rotatable bonds is 4. The van der Waals surface area contributed by atoms with Crippen LogP contribution >= 0.6 is 0 Å². The number of aliphatic carboxylic acids is 2. The number of alkyl halides is 6. The van der Waals surface area contributed by atoms with E-state index in [0.717, 1.165) is 57.7 Å². The summed E-state index contributed by atoms with van der Waals surface area (Å²) in [5, 5.41) is 14.2. The topological polar surface area (TPSA) is 120 Å². The van der Waals surface area contributed by atoms with Crippen LogP contribution in [-0.2, 0) is 16.1 Å². The van der Waals surface area contributed by atoms with Gasteiger partial charge in [0.2, 0.25) is 0 Å². The highest BCUT2D eigenvalue weighted by atomic mass is 19.4. The largest absolute Gasteiger partial charge is 0.497 e. The number of carbonyl (C=O) groups excluding carboxylic acids is 1. The van der Waals surface area contributed by atoms with Gasteiger partial charge in [-0.25, -0.2) is 9.59 Å². The lowest BCUT2D eigenvalue weighted by Crippen LogP contribution is -2.42. The van der Waals surface area contributed by atoms with E-state index >= 15 is 0 Å². The zero-order valence-electron chi connectivity index (χ0n) is 21.9. The number of likely N-dealkylation sites (tertiary alicyclic amines) is 2. The molecule has 1 aromatic heterocycles. The van der Waals surface area contributed by atoms with E-state index in [4.69, 9.17) is 24.5 Å². The van der Waals surface area contributed by atoms with Crippen LogP contribution in [0.3, 0.4) is 0 Å². The highest BCUT2D eigenvalue weighted by molar-refractivity contribution is 5.92. The molecule has 15 heteroatoms. The van der Waals surface area contributed by atoms with E-state index < -0.39 is 24.3 Å². The second-order valence-electron chi connectivity index (χ2n) is 9.43. The molecule has 41 heavy (non-hydrogen) atoms. The molecule has 1 aromatic carbocycles. The summed E-state index contributed by atoms with van der Waals surface area (Å²) in [7, 11) is 1.71. The number of pyridine rings is 1. The molecule has 2 N–H and O–H groups in total. The summed E-state index contributed by atoms with van der Waals surface area (Å²) in [6.45, 7) is 4.86. The van der Waals surface area contributed by atoms with Crippen molar-refractivity contribution in [2.24, 2.45) is 5.41 Å². The molecule has 2 aliphatic rings. The van der Waals surface area contributed by atoms with Crippen LogP contribution in [0.4, 0.5) is 26.3 Å². The number of halogens is 6. The van der Waals surface area contributed by atoms with Crippen molar-refractivity contribution in [3.63, 3.8) is 0 Å². The van der Waals surface area contributed by atoms with Gasteiger partial charge in [-0.05, 0) is 67.6 Å². The Morgan fingerprint density at radius 1 is 0.902 bits per heavy atom. The van der Waals surface area contributed by atoms with Gasteiger partial charge in [-0.3, -0.25) is 14.7 Å². The Labute approximate surface area is 231 Å². The van der Waals surface area contributed by atoms with Gasteiger partial charge in [-0.1, -0.05) is 18.2 Å². The average Bonchev–Trinajstić information content (AvgIpc) is 3.33. The van der Waals surface area contributed by atoms with E-state index in [1.54, 1.807) is 13.3 Å². The molecule has 0 radical (unpaired) electrons. The predicted molar refractivity (Wildman–Crippen MR) is 132 cm³/mol. The van der Waals surface area contributed by atoms with Crippen molar-refractivity contribution in [3.05, 3.63) is 59.9 Å². The number of piperidine rings is 1. The second kappa shape index (κ2) is 14.1. The van der Waals surface area contributed by atoms with Gasteiger partial charge in [0.1, 0.15) is 11.4 Å². The van der Waals surface area contributed by atoms with Crippen molar-refractivity contribution in [3.8, 4) is 5.75 Å². The Morgan fingerprint density at radius 2 is 1.46 bits per heavy atom. The van der Waals surface area contributed by atoms with Gasteiger partial charge in [0, 0.05) is 25.8 Å².